The number of likely N-dealkylation sites (N-methyl/N-ethyl adjacent to an activating group) is 1. The molecule has 100 valence electrons. The van der Waals surface area contributed by atoms with Crippen molar-refractivity contribution >= 4 is 0 Å². The Morgan fingerprint density at radius 1 is 1.28 bits per heavy atom. The van der Waals surface area contributed by atoms with Gasteiger partial charge < -0.3 is 5.73 Å². The zero-order chi connectivity index (χ0) is 13.0. The number of benzene rings is 1. The van der Waals surface area contributed by atoms with Crippen LogP contribution in [0.15, 0.2) is 24.3 Å². The monoisotopic (exact) mass is 246 g/mol. The van der Waals surface area contributed by atoms with E-state index >= 15 is 0 Å². The Bertz CT molecular complexity index is 369. The van der Waals surface area contributed by atoms with Crippen LogP contribution in [-0.4, -0.2) is 24.5 Å². The molecule has 0 radical (unpaired) electrons. The first kappa shape index (κ1) is 13.6. The minimum atomic E-state index is 0.548. The van der Waals surface area contributed by atoms with Crippen LogP contribution in [0.3, 0.4) is 0 Å². The Balaban J connectivity index is 2.01. The van der Waals surface area contributed by atoms with Crippen molar-refractivity contribution in [2.24, 2.45) is 11.7 Å². The molecule has 0 aliphatic heterocycles. The Morgan fingerprint density at radius 2 is 1.94 bits per heavy atom. The molecule has 1 atom stereocenters. The predicted molar refractivity (Wildman–Crippen MR) is 77.4 cm³/mol. The fourth-order valence-electron chi connectivity index (χ4n) is 3.25. The van der Waals surface area contributed by atoms with E-state index in [4.69, 9.17) is 5.73 Å². The van der Waals surface area contributed by atoms with Gasteiger partial charge in [-0.3, -0.25) is 4.90 Å². The summed E-state index contributed by atoms with van der Waals surface area (Å²) in [5, 5.41) is 0. The highest BCUT2D eigenvalue weighted by Crippen LogP contribution is 2.30. The van der Waals surface area contributed by atoms with Crippen molar-refractivity contribution in [2.45, 2.75) is 45.2 Å². The first-order valence-electron chi connectivity index (χ1n) is 7.17. The number of nitrogens with zero attached hydrogens (tertiary/aromatic N) is 1. The van der Waals surface area contributed by atoms with E-state index in [1.54, 1.807) is 0 Å². The van der Waals surface area contributed by atoms with Crippen molar-refractivity contribution in [1.82, 2.24) is 4.90 Å². The Labute approximate surface area is 111 Å². The van der Waals surface area contributed by atoms with E-state index in [0.717, 1.165) is 19.0 Å². The molecule has 0 heterocycles. The molecular formula is C16H26N2. The molecule has 2 nitrogen and oxygen atoms in total. The molecule has 2 N–H and O–H groups in total. The Kier molecular flexibility index (Phi) is 4.79. The van der Waals surface area contributed by atoms with Crippen LogP contribution < -0.4 is 5.73 Å². The van der Waals surface area contributed by atoms with E-state index in [9.17, 15) is 0 Å². The maximum absolute atomic E-state index is 6.00. The van der Waals surface area contributed by atoms with E-state index in [-0.39, 0.29) is 0 Å². The van der Waals surface area contributed by atoms with E-state index in [0.29, 0.717) is 6.04 Å². The molecule has 1 aliphatic rings. The zero-order valence-corrected chi connectivity index (χ0v) is 11.7. The molecule has 0 spiro atoms. The molecular weight excluding hydrogens is 220 g/mol. The van der Waals surface area contributed by atoms with E-state index in [1.807, 2.05) is 0 Å². The fraction of sp³-hybridized carbons (Fsp3) is 0.625. The van der Waals surface area contributed by atoms with Gasteiger partial charge in [0.05, 0.1) is 0 Å². The van der Waals surface area contributed by atoms with Crippen LogP contribution in [0, 0.1) is 12.8 Å². The van der Waals surface area contributed by atoms with Crippen LogP contribution >= 0.6 is 0 Å². The fourth-order valence-corrected chi connectivity index (χ4v) is 3.25. The molecule has 2 heteroatoms. The summed E-state index contributed by atoms with van der Waals surface area (Å²) < 4.78 is 0. The third-order valence-electron chi connectivity index (χ3n) is 4.43. The first-order chi connectivity index (χ1) is 8.72. The van der Waals surface area contributed by atoms with Gasteiger partial charge in [0.15, 0.2) is 0 Å². The number of aryl methyl sites for hydroxylation is 1. The molecule has 0 aromatic heterocycles. The SMILES string of the molecule is Cc1ccccc1CN(C)C(CN)C1CCCC1. The second kappa shape index (κ2) is 6.35. The molecule has 18 heavy (non-hydrogen) atoms. The summed E-state index contributed by atoms with van der Waals surface area (Å²) in [6.45, 7) is 3.99. The standard InChI is InChI=1S/C16H26N2/c1-13-7-3-4-10-15(13)12-18(2)16(11-17)14-8-5-6-9-14/h3-4,7,10,14,16H,5-6,8-9,11-12,17H2,1-2H3. The van der Waals surface area contributed by atoms with Crippen molar-refractivity contribution in [2.75, 3.05) is 13.6 Å². The maximum atomic E-state index is 6.00. The predicted octanol–water partition coefficient (Wildman–Crippen LogP) is 2.94. The van der Waals surface area contributed by atoms with Gasteiger partial charge in [-0.1, -0.05) is 37.1 Å². The van der Waals surface area contributed by atoms with Crippen LogP contribution in [0.1, 0.15) is 36.8 Å². The van der Waals surface area contributed by atoms with Gasteiger partial charge in [0.1, 0.15) is 0 Å². The minimum Gasteiger partial charge on any atom is -0.329 e. The van der Waals surface area contributed by atoms with Crippen molar-refractivity contribution < 1.29 is 0 Å². The third kappa shape index (κ3) is 3.12. The molecule has 1 fully saturated rings. The number of rotatable bonds is 5. The van der Waals surface area contributed by atoms with Crippen molar-refractivity contribution in [3.8, 4) is 0 Å². The van der Waals surface area contributed by atoms with Gasteiger partial charge >= 0.3 is 0 Å². The van der Waals surface area contributed by atoms with E-state index in [2.05, 4.69) is 43.1 Å². The molecule has 2 rings (SSSR count). The lowest BCUT2D eigenvalue weighted by Crippen LogP contribution is -2.42. The summed E-state index contributed by atoms with van der Waals surface area (Å²) in [6, 6.07) is 9.20. The van der Waals surface area contributed by atoms with Crippen molar-refractivity contribution in [3.63, 3.8) is 0 Å². The van der Waals surface area contributed by atoms with Crippen LogP contribution in [0.4, 0.5) is 0 Å². The lowest BCUT2D eigenvalue weighted by Gasteiger charge is -2.32. The zero-order valence-electron chi connectivity index (χ0n) is 11.7. The third-order valence-corrected chi connectivity index (χ3v) is 4.43. The first-order valence-corrected chi connectivity index (χ1v) is 7.17. The molecule has 1 aromatic carbocycles. The molecule has 1 aromatic rings. The lowest BCUT2D eigenvalue weighted by atomic mass is 9.96. The van der Waals surface area contributed by atoms with Gasteiger partial charge in [-0.25, -0.2) is 0 Å². The highest BCUT2D eigenvalue weighted by molar-refractivity contribution is 5.25. The molecule has 0 saturated heterocycles. The average molecular weight is 246 g/mol. The maximum Gasteiger partial charge on any atom is 0.0247 e. The average Bonchev–Trinajstić information content (AvgIpc) is 2.87. The molecule has 1 saturated carbocycles. The van der Waals surface area contributed by atoms with Gasteiger partial charge in [0.2, 0.25) is 0 Å². The quantitative estimate of drug-likeness (QED) is 0.865. The van der Waals surface area contributed by atoms with Crippen LogP contribution in [-0.2, 0) is 6.54 Å². The molecule has 1 aliphatic carbocycles. The molecule has 1 unspecified atom stereocenters. The van der Waals surface area contributed by atoms with Gasteiger partial charge in [0.25, 0.3) is 0 Å². The summed E-state index contributed by atoms with van der Waals surface area (Å²) in [5.74, 6) is 0.809. The highest BCUT2D eigenvalue weighted by atomic mass is 15.1. The van der Waals surface area contributed by atoms with Crippen molar-refractivity contribution in [3.05, 3.63) is 35.4 Å². The summed E-state index contributed by atoms with van der Waals surface area (Å²) in [6.07, 6.45) is 5.50. The largest absolute Gasteiger partial charge is 0.329 e. The number of hydrogen-bond donors (Lipinski definition) is 1. The Morgan fingerprint density at radius 3 is 2.56 bits per heavy atom. The van der Waals surface area contributed by atoms with Gasteiger partial charge in [-0.15, -0.1) is 0 Å². The second-order valence-electron chi connectivity index (χ2n) is 5.69. The summed E-state index contributed by atoms with van der Waals surface area (Å²) in [7, 11) is 2.22. The van der Waals surface area contributed by atoms with Crippen LogP contribution in [0.25, 0.3) is 0 Å². The summed E-state index contributed by atoms with van der Waals surface area (Å²) in [5.41, 5.74) is 8.81. The van der Waals surface area contributed by atoms with Gasteiger partial charge in [-0.05, 0) is 43.9 Å². The van der Waals surface area contributed by atoms with Crippen LogP contribution in [0.5, 0.6) is 0 Å². The topological polar surface area (TPSA) is 29.3 Å². The Hall–Kier alpha value is -0.860. The summed E-state index contributed by atoms with van der Waals surface area (Å²) >= 11 is 0. The number of hydrogen-bond acceptors (Lipinski definition) is 2. The van der Waals surface area contributed by atoms with Gasteiger partial charge in [0, 0.05) is 19.1 Å². The second-order valence-corrected chi connectivity index (χ2v) is 5.69. The lowest BCUT2D eigenvalue weighted by molar-refractivity contribution is 0.174. The smallest absolute Gasteiger partial charge is 0.0247 e. The number of nitrogens with two attached hydrogens (primary N) is 1. The van der Waals surface area contributed by atoms with Crippen LogP contribution in [0.2, 0.25) is 0 Å². The normalized spacial score (nSPS) is 18.4. The van der Waals surface area contributed by atoms with Crippen molar-refractivity contribution in [1.29, 1.82) is 0 Å². The molecule has 0 bridgehead atoms. The minimum absolute atomic E-state index is 0.548. The molecule has 0 amide bonds. The van der Waals surface area contributed by atoms with E-state index in [1.165, 1.54) is 36.8 Å². The van der Waals surface area contributed by atoms with Gasteiger partial charge in [-0.2, -0.15) is 0 Å². The highest BCUT2D eigenvalue weighted by Gasteiger charge is 2.26. The summed E-state index contributed by atoms with van der Waals surface area (Å²) in [4.78, 5) is 2.46. The van der Waals surface area contributed by atoms with E-state index < -0.39 is 0 Å².